The monoisotopic (exact) mass is 253 g/mol. The van der Waals surface area contributed by atoms with Gasteiger partial charge in [0.2, 0.25) is 0 Å². The quantitative estimate of drug-likeness (QED) is 0.696. The van der Waals surface area contributed by atoms with E-state index in [0.29, 0.717) is 6.42 Å². The minimum absolute atomic E-state index is 0.662. The van der Waals surface area contributed by atoms with Gasteiger partial charge < -0.3 is 10.4 Å². The Morgan fingerprint density at radius 2 is 2.11 bits per heavy atom. The molecule has 0 saturated carbocycles. The van der Waals surface area contributed by atoms with E-state index in [4.69, 9.17) is 0 Å². The van der Waals surface area contributed by atoms with Crippen molar-refractivity contribution in [1.29, 1.82) is 0 Å². The van der Waals surface area contributed by atoms with Crippen molar-refractivity contribution < 1.29 is 5.11 Å². The van der Waals surface area contributed by atoms with Crippen LogP contribution in [0.25, 0.3) is 0 Å². The maximum Gasteiger partial charge on any atom is 0.0686 e. The summed E-state index contributed by atoms with van der Waals surface area (Å²) in [7, 11) is 0. The fraction of sp³-hybridized carbons (Fsp3) is 0.786. The lowest BCUT2D eigenvalue weighted by Crippen LogP contribution is -2.33. The molecule has 0 aromatic carbocycles. The van der Waals surface area contributed by atoms with Gasteiger partial charge in [0, 0.05) is 18.7 Å². The first-order valence-corrected chi connectivity index (χ1v) is 6.95. The van der Waals surface area contributed by atoms with E-state index >= 15 is 0 Å². The van der Waals surface area contributed by atoms with E-state index in [0.717, 1.165) is 43.9 Å². The fourth-order valence-corrected chi connectivity index (χ4v) is 2.15. The molecule has 0 fully saturated rings. The summed E-state index contributed by atoms with van der Waals surface area (Å²) in [5.41, 5.74) is 1.47. The van der Waals surface area contributed by atoms with Gasteiger partial charge in [-0.05, 0) is 52.8 Å². The minimum atomic E-state index is -0.667. The fourth-order valence-electron chi connectivity index (χ4n) is 2.15. The van der Waals surface area contributed by atoms with E-state index in [1.54, 1.807) is 0 Å². The summed E-state index contributed by atoms with van der Waals surface area (Å²) in [6.07, 6.45) is 2.56. The van der Waals surface area contributed by atoms with Crippen molar-refractivity contribution in [2.45, 2.75) is 59.1 Å². The van der Waals surface area contributed by atoms with E-state index in [9.17, 15) is 5.11 Å². The molecule has 0 aliphatic rings. The number of hydrogen-bond acceptors (Lipinski definition) is 3. The second-order valence-electron chi connectivity index (χ2n) is 5.27. The van der Waals surface area contributed by atoms with Crippen LogP contribution < -0.4 is 5.32 Å². The summed E-state index contributed by atoms with van der Waals surface area (Å²) in [6.45, 7) is 10.9. The topological polar surface area (TPSA) is 50.1 Å². The van der Waals surface area contributed by atoms with Crippen LogP contribution in [0.5, 0.6) is 0 Å². The van der Waals surface area contributed by atoms with Crippen LogP contribution in [-0.2, 0) is 13.0 Å². The van der Waals surface area contributed by atoms with E-state index in [-0.39, 0.29) is 0 Å². The van der Waals surface area contributed by atoms with Gasteiger partial charge in [0.25, 0.3) is 0 Å². The molecule has 2 N–H and O–H groups in total. The van der Waals surface area contributed by atoms with Gasteiger partial charge in [-0.3, -0.25) is 4.68 Å². The summed E-state index contributed by atoms with van der Waals surface area (Å²) in [5.74, 6) is 0. The summed E-state index contributed by atoms with van der Waals surface area (Å²) in [6, 6.07) is 2.07. The number of aliphatic hydroxyl groups is 1. The molecule has 4 nitrogen and oxygen atoms in total. The highest BCUT2D eigenvalue weighted by molar-refractivity contribution is 5.11. The number of nitrogens with one attached hydrogen (secondary N) is 1. The van der Waals surface area contributed by atoms with Crippen LogP contribution in [0.3, 0.4) is 0 Å². The number of rotatable bonds is 8. The first-order chi connectivity index (χ1) is 8.48. The van der Waals surface area contributed by atoms with Gasteiger partial charge in [-0.15, -0.1) is 0 Å². The molecule has 0 aliphatic heterocycles. The van der Waals surface area contributed by atoms with Crippen molar-refractivity contribution in [3.63, 3.8) is 0 Å². The van der Waals surface area contributed by atoms with E-state index in [1.165, 1.54) is 0 Å². The summed E-state index contributed by atoms with van der Waals surface area (Å²) in [4.78, 5) is 0. The molecule has 0 amide bonds. The maximum absolute atomic E-state index is 10.4. The molecular weight excluding hydrogens is 226 g/mol. The first kappa shape index (κ1) is 15.2. The third kappa shape index (κ3) is 4.78. The molecule has 4 heteroatoms. The summed E-state index contributed by atoms with van der Waals surface area (Å²) < 4.78 is 1.98. The lowest BCUT2D eigenvalue weighted by atomic mass is 9.96. The van der Waals surface area contributed by atoms with E-state index in [1.807, 2.05) is 18.5 Å². The van der Waals surface area contributed by atoms with Crippen molar-refractivity contribution >= 4 is 0 Å². The average Bonchev–Trinajstić information content (AvgIpc) is 2.64. The molecule has 0 spiro atoms. The van der Waals surface area contributed by atoms with Crippen LogP contribution in [0.1, 0.15) is 45.0 Å². The standard InChI is InChI=1S/C14H27N3O/c1-5-8-15-9-7-14(4,18)11-13-10-12(3)16-17(13)6-2/h10,15,18H,5-9,11H2,1-4H3. The van der Waals surface area contributed by atoms with E-state index < -0.39 is 5.60 Å². The van der Waals surface area contributed by atoms with Crippen LogP contribution in [0, 0.1) is 6.92 Å². The third-order valence-corrected chi connectivity index (χ3v) is 3.11. The minimum Gasteiger partial charge on any atom is -0.390 e. The molecule has 1 rings (SSSR count). The van der Waals surface area contributed by atoms with Crippen LogP contribution in [0.2, 0.25) is 0 Å². The second-order valence-corrected chi connectivity index (χ2v) is 5.27. The van der Waals surface area contributed by atoms with Gasteiger partial charge in [-0.1, -0.05) is 6.92 Å². The number of aryl methyl sites for hydroxylation is 2. The molecular formula is C14H27N3O. The Labute approximate surface area is 110 Å². The van der Waals surface area contributed by atoms with Gasteiger partial charge in [0.15, 0.2) is 0 Å². The zero-order valence-corrected chi connectivity index (χ0v) is 12.2. The molecule has 18 heavy (non-hydrogen) atoms. The van der Waals surface area contributed by atoms with Crippen molar-refractivity contribution in [2.75, 3.05) is 13.1 Å². The van der Waals surface area contributed by atoms with Crippen molar-refractivity contribution in [3.05, 3.63) is 17.5 Å². The highest BCUT2D eigenvalue weighted by Gasteiger charge is 2.22. The molecule has 0 aliphatic carbocycles. The zero-order valence-electron chi connectivity index (χ0n) is 12.2. The number of nitrogens with zero attached hydrogens (tertiary/aromatic N) is 2. The molecule has 1 unspecified atom stereocenters. The van der Waals surface area contributed by atoms with Crippen molar-refractivity contribution in [3.8, 4) is 0 Å². The van der Waals surface area contributed by atoms with Gasteiger partial charge in [0.05, 0.1) is 11.3 Å². The van der Waals surface area contributed by atoms with Crippen molar-refractivity contribution in [1.82, 2.24) is 15.1 Å². The van der Waals surface area contributed by atoms with Crippen LogP contribution in [0.4, 0.5) is 0 Å². The Bertz CT molecular complexity index is 358. The highest BCUT2D eigenvalue weighted by atomic mass is 16.3. The maximum atomic E-state index is 10.4. The first-order valence-electron chi connectivity index (χ1n) is 6.95. The van der Waals surface area contributed by atoms with Gasteiger partial charge in [0.1, 0.15) is 0 Å². The molecule has 0 bridgehead atoms. The van der Waals surface area contributed by atoms with Crippen LogP contribution in [0.15, 0.2) is 6.07 Å². The number of hydrogen-bond donors (Lipinski definition) is 2. The number of aromatic nitrogens is 2. The molecule has 0 saturated heterocycles. The molecule has 1 aromatic heterocycles. The lowest BCUT2D eigenvalue weighted by Gasteiger charge is -2.23. The molecule has 1 atom stereocenters. The van der Waals surface area contributed by atoms with Crippen LogP contribution in [-0.4, -0.2) is 33.6 Å². The SMILES string of the molecule is CCCNCCC(C)(O)Cc1cc(C)nn1CC. The smallest absolute Gasteiger partial charge is 0.0686 e. The normalized spacial score (nSPS) is 14.7. The van der Waals surface area contributed by atoms with Gasteiger partial charge >= 0.3 is 0 Å². The van der Waals surface area contributed by atoms with Gasteiger partial charge in [-0.2, -0.15) is 5.10 Å². The molecule has 104 valence electrons. The summed E-state index contributed by atoms with van der Waals surface area (Å²) in [5, 5.41) is 18.2. The van der Waals surface area contributed by atoms with E-state index in [2.05, 4.69) is 30.3 Å². The van der Waals surface area contributed by atoms with Gasteiger partial charge in [-0.25, -0.2) is 0 Å². The average molecular weight is 253 g/mol. The molecule has 1 heterocycles. The Morgan fingerprint density at radius 1 is 1.39 bits per heavy atom. The Morgan fingerprint density at radius 3 is 2.72 bits per heavy atom. The Balaban J connectivity index is 2.52. The Kier molecular flexibility index (Phi) is 5.82. The summed E-state index contributed by atoms with van der Waals surface area (Å²) >= 11 is 0. The lowest BCUT2D eigenvalue weighted by molar-refractivity contribution is 0.0495. The Hall–Kier alpha value is -0.870. The third-order valence-electron chi connectivity index (χ3n) is 3.11. The molecule has 1 aromatic rings. The zero-order chi connectivity index (χ0) is 13.6. The van der Waals surface area contributed by atoms with Crippen LogP contribution >= 0.6 is 0 Å². The highest BCUT2D eigenvalue weighted by Crippen LogP contribution is 2.17. The molecule has 0 radical (unpaired) electrons. The second kappa shape index (κ2) is 6.90. The predicted molar refractivity (Wildman–Crippen MR) is 74.7 cm³/mol. The largest absolute Gasteiger partial charge is 0.390 e. The predicted octanol–water partition coefficient (Wildman–Crippen LogP) is 1.89. The van der Waals surface area contributed by atoms with Crippen molar-refractivity contribution in [2.24, 2.45) is 0 Å².